The number of nitrogens with zero attached hydrogens (tertiary/aromatic N) is 3. The summed E-state index contributed by atoms with van der Waals surface area (Å²) in [5.41, 5.74) is 14.3. The summed E-state index contributed by atoms with van der Waals surface area (Å²) < 4.78 is 2.26. The molecule has 0 unspecified atom stereocenters. The lowest BCUT2D eigenvalue weighted by Crippen LogP contribution is -2.25. The standard InChI is InChI=1S/C20H28N6O/c1-2-16-25-18-19(14-8-3-4-9-15(14)24-20(18)22)26(16)13-6-5-12-23-17(27)10-7-11-21/h3-4,8-9H,2,5-7,10-13,21H2,1H3,(H2,22,24)(H,23,27). The monoisotopic (exact) mass is 368 g/mol. The number of nitrogens with two attached hydrogens (primary N) is 2. The molecule has 0 saturated carbocycles. The summed E-state index contributed by atoms with van der Waals surface area (Å²) in [6.45, 7) is 4.17. The highest BCUT2D eigenvalue weighted by molar-refractivity contribution is 6.06. The normalized spacial score (nSPS) is 11.3. The molecule has 0 aliphatic heterocycles. The van der Waals surface area contributed by atoms with E-state index in [2.05, 4.69) is 27.9 Å². The molecule has 0 saturated heterocycles. The number of unbranched alkanes of at least 4 members (excludes halogenated alkanes) is 1. The van der Waals surface area contributed by atoms with Crippen molar-refractivity contribution in [2.24, 2.45) is 5.73 Å². The number of carbonyl (C=O) groups excluding carboxylic acids is 1. The maximum absolute atomic E-state index is 11.7. The zero-order valence-electron chi connectivity index (χ0n) is 15.9. The Hall–Kier alpha value is -2.67. The van der Waals surface area contributed by atoms with Crippen LogP contribution in [0.3, 0.4) is 0 Å². The van der Waals surface area contributed by atoms with E-state index in [0.717, 1.165) is 60.0 Å². The molecule has 7 nitrogen and oxygen atoms in total. The van der Waals surface area contributed by atoms with Gasteiger partial charge in [-0.25, -0.2) is 9.97 Å². The fourth-order valence-corrected chi connectivity index (χ4v) is 3.39. The first-order valence-electron chi connectivity index (χ1n) is 9.65. The van der Waals surface area contributed by atoms with Crippen LogP contribution in [0.5, 0.6) is 0 Å². The number of para-hydroxylation sites is 1. The summed E-state index contributed by atoms with van der Waals surface area (Å²) in [6, 6.07) is 8.03. The molecule has 7 heteroatoms. The summed E-state index contributed by atoms with van der Waals surface area (Å²) in [6.07, 6.45) is 3.93. The molecular weight excluding hydrogens is 340 g/mol. The van der Waals surface area contributed by atoms with Gasteiger partial charge in [0, 0.05) is 31.3 Å². The van der Waals surface area contributed by atoms with Gasteiger partial charge in [-0.15, -0.1) is 0 Å². The molecule has 0 aliphatic carbocycles. The van der Waals surface area contributed by atoms with Crippen LogP contribution in [-0.4, -0.2) is 33.5 Å². The lowest BCUT2D eigenvalue weighted by atomic mass is 10.2. The second-order valence-corrected chi connectivity index (χ2v) is 6.69. The Morgan fingerprint density at radius 3 is 2.78 bits per heavy atom. The van der Waals surface area contributed by atoms with Gasteiger partial charge in [-0.05, 0) is 31.9 Å². The van der Waals surface area contributed by atoms with Gasteiger partial charge < -0.3 is 21.4 Å². The minimum atomic E-state index is 0.0765. The Kier molecular flexibility index (Phi) is 6.24. The van der Waals surface area contributed by atoms with Gasteiger partial charge in [-0.3, -0.25) is 4.79 Å². The Morgan fingerprint density at radius 1 is 1.19 bits per heavy atom. The van der Waals surface area contributed by atoms with Crippen molar-refractivity contribution in [3.8, 4) is 0 Å². The van der Waals surface area contributed by atoms with Crippen molar-refractivity contribution in [2.45, 2.75) is 45.6 Å². The van der Waals surface area contributed by atoms with Crippen LogP contribution >= 0.6 is 0 Å². The van der Waals surface area contributed by atoms with E-state index in [1.165, 1.54) is 0 Å². The summed E-state index contributed by atoms with van der Waals surface area (Å²) >= 11 is 0. The molecule has 0 spiro atoms. The van der Waals surface area contributed by atoms with Crippen LogP contribution in [0.1, 0.15) is 38.4 Å². The predicted molar refractivity (Wildman–Crippen MR) is 109 cm³/mol. The van der Waals surface area contributed by atoms with Gasteiger partial charge in [-0.1, -0.05) is 25.1 Å². The summed E-state index contributed by atoms with van der Waals surface area (Å²) in [4.78, 5) is 20.9. The number of amides is 1. The van der Waals surface area contributed by atoms with Gasteiger partial charge in [0.2, 0.25) is 5.91 Å². The van der Waals surface area contributed by atoms with Crippen LogP contribution in [0.4, 0.5) is 5.82 Å². The molecule has 5 N–H and O–H groups in total. The van der Waals surface area contributed by atoms with Crippen molar-refractivity contribution < 1.29 is 4.79 Å². The maximum atomic E-state index is 11.7. The molecule has 0 fully saturated rings. The maximum Gasteiger partial charge on any atom is 0.220 e. The lowest BCUT2D eigenvalue weighted by Gasteiger charge is -2.10. The van der Waals surface area contributed by atoms with Crippen molar-refractivity contribution in [1.29, 1.82) is 0 Å². The van der Waals surface area contributed by atoms with E-state index >= 15 is 0 Å². The minimum Gasteiger partial charge on any atom is -0.382 e. The molecule has 1 amide bonds. The highest BCUT2D eigenvalue weighted by Gasteiger charge is 2.16. The summed E-state index contributed by atoms with van der Waals surface area (Å²) in [5.74, 6) is 1.57. The molecule has 144 valence electrons. The van der Waals surface area contributed by atoms with Gasteiger partial charge >= 0.3 is 0 Å². The average Bonchev–Trinajstić information content (AvgIpc) is 3.06. The molecule has 2 heterocycles. The molecular formula is C20H28N6O. The minimum absolute atomic E-state index is 0.0765. The molecule has 0 radical (unpaired) electrons. The number of imidazole rings is 1. The van der Waals surface area contributed by atoms with E-state index in [9.17, 15) is 4.79 Å². The first kappa shape index (κ1) is 19.1. The molecule has 0 aliphatic rings. The third-order valence-corrected chi connectivity index (χ3v) is 4.74. The number of rotatable bonds is 9. The Bertz CT molecular complexity index is 933. The average molecular weight is 368 g/mol. The van der Waals surface area contributed by atoms with E-state index < -0.39 is 0 Å². The van der Waals surface area contributed by atoms with E-state index in [4.69, 9.17) is 16.5 Å². The van der Waals surface area contributed by atoms with Crippen LogP contribution in [0.25, 0.3) is 21.9 Å². The van der Waals surface area contributed by atoms with E-state index in [0.29, 0.717) is 25.3 Å². The zero-order valence-corrected chi connectivity index (χ0v) is 15.9. The van der Waals surface area contributed by atoms with Crippen LogP contribution in [0.15, 0.2) is 24.3 Å². The molecule has 27 heavy (non-hydrogen) atoms. The van der Waals surface area contributed by atoms with Crippen molar-refractivity contribution in [3.05, 3.63) is 30.1 Å². The SMILES string of the molecule is CCc1nc2c(N)nc3ccccc3c2n1CCCCNC(=O)CCCN. The van der Waals surface area contributed by atoms with Crippen molar-refractivity contribution >= 4 is 33.7 Å². The van der Waals surface area contributed by atoms with E-state index in [-0.39, 0.29) is 5.91 Å². The summed E-state index contributed by atoms with van der Waals surface area (Å²) in [7, 11) is 0. The number of hydrogen-bond donors (Lipinski definition) is 3. The van der Waals surface area contributed by atoms with Gasteiger partial charge in [-0.2, -0.15) is 0 Å². The fraction of sp³-hybridized carbons (Fsp3) is 0.450. The molecule has 3 rings (SSSR count). The molecule has 2 aromatic heterocycles. The smallest absolute Gasteiger partial charge is 0.220 e. The second kappa shape index (κ2) is 8.81. The summed E-state index contributed by atoms with van der Waals surface area (Å²) in [5, 5.41) is 4.03. The largest absolute Gasteiger partial charge is 0.382 e. The number of aryl methyl sites for hydroxylation is 2. The van der Waals surface area contributed by atoms with E-state index in [1.54, 1.807) is 0 Å². The van der Waals surface area contributed by atoms with E-state index in [1.807, 2.05) is 18.2 Å². The number of nitrogen functional groups attached to an aromatic ring is 1. The van der Waals surface area contributed by atoms with Crippen molar-refractivity contribution in [3.63, 3.8) is 0 Å². The second-order valence-electron chi connectivity index (χ2n) is 6.69. The number of fused-ring (bicyclic) bond motifs is 3. The number of hydrogen-bond acceptors (Lipinski definition) is 5. The van der Waals surface area contributed by atoms with Crippen molar-refractivity contribution in [2.75, 3.05) is 18.8 Å². The first-order valence-corrected chi connectivity index (χ1v) is 9.65. The number of benzene rings is 1. The molecule has 3 aromatic rings. The highest BCUT2D eigenvalue weighted by Crippen LogP contribution is 2.29. The quantitative estimate of drug-likeness (QED) is 0.502. The first-order chi connectivity index (χ1) is 13.2. The molecule has 0 atom stereocenters. The van der Waals surface area contributed by atoms with Crippen LogP contribution in [0, 0.1) is 0 Å². The van der Waals surface area contributed by atoms with Gasteiger partial charge in [0.15, 0.2) is 5.82 Å². The number of anilines is 1. The predicted octanol–water partition coefficient (Wildman–Crippen LogP) is 2.36. The number of carbonyl (C=O) groups is 1. The third kappa shape index (κ3) is 4.19. The van der Waals surface area contributed by atoms with Gasteiger partial charge in [0.25, 0.3) is 0 Å². The lowest BCUT2D eigenvalue weighted by molar-refractivity contribution is -0.121. The number of nitrogens with one attached hydrogen (secondary N) is 1. The molecule has 1 aromatic carbocycles. The number of aromatic nitrogens is 3. The van der Waals surface area contributed by atoms with Gasteiger partial charge in [0.05, 0.1) is 11.0 Å². The van der Waals surface area contributed by atoms with Gasteiger partial charge in [0.1, 0.15) is 11.3 Å². The Balaban J connectivity index is 1.75. The van der Waals surface area contributed by atoms with Crippen LogP contribution < -0.4 is 16.8 Å². The van der Waals surface area contributed by atoms with Crippen LogP contribution in [-0.2, 0) is 17.8 Å². The Morgan fingerprint density at radius 2 is 2.00 bits per heavy atom. The van der Waals surface area contributed by atoms with Crippen LogP contribution in [0.2, 0.25) is 0 Å². The topological polar surface area (TPSA) is 112 Å². The Labute approximate surface area is 159 Å². The third-order valence-electron chi connectivity index (χ3n) is 4.74. The molecule has 0 bridgehead atoms. The fourth-order valence-electron chi connectivity index (χ4n) is 3.39. The van der Waals surface area contributed by atoms with Crippen molar-refractivity contribution in [1.82, 2.24) is 19.9 Å². The number of pyridine rings is 1. The zero-order chi connectivity index (χ0) is 19.2. The highest BCUT2D eigenvalue weighted by atomic mass is 16.1.